The Balaban J connectivity index is 1.91. The highest BCUT2D eigenvalue weighted by molar-refractivity contribution is 7.99. The smallest absolute Gasteiger partial charge is 0.402 e. The molecule has 0 radical (unpaired) electrons. The lowest BCUT2D eigenvalue weighted by molar-refractivity contribution is -0.743. The van der Waals surface area contributed by atoms with Crippen molar-refractivity contribution in [2.24, 2.45) is 0 Å². The summed E-state index contributed by atoms with van der Waals surface area (Å²) < 4.78 is 30.0. The van der Waals surface area contributed by atoms with E-state index in [4.69, 9.17) is 9.94 Å². The van der Waals surface area contributed by atoms with Crippen LogP contribution in [0.3, 0.4) is 0 Å². The van der Waals surface area contributed by atoms with Gasteiger partial charge in [0.15, 0.2) is 9.84 Å². The normalized spacial score (nSPS) is 17.8. The van der Waals surface area contributed by atoms with Crippen molar-refractivity contribution >= 4 is 27.5 Å². The Morgan fingerprint density at radius 2 is 1.65 bits per heavy atom. The lowest BCUT2D eigenvalue weighted by Gasteiger charge is -2.31. The van der Waals surface area contributed by atoms with Crippen molar-refractivity contribution < 1.29 is 28.6 Å². The molecule has 1 aliphatic rings. The summed E-state index contributed by atoms with van der Waals surface area (Å²) in [5, 5.41) is 20.8. The maximum Gasteiger partial charge on any atom is 0.402 e. The Morgan fingerprint density at radius 3 is 2.23 bits per heavy atom. The Kier molecular flexibility index (Phi) is 5.49. The fraction of sp³-hybridized carbons (Fsp3) is 0.294. The fourth-order valence-electron chi connectivity index (χ4n) is 2.89. The van der Waals surface area contributed by atoms with Gasteiger partial charge in [-0.3, -0.25) is 10.2 Å². The number of rotatable bonds is 5. The van der Waals surface area contributed by atoms with Crippen molar-refractivity contribution in [3.63, 3.8) is 0 Å². The number of aliphatic hydroxyl groups is 1. The topological polar surface area (TPSA) is 111 Å². The minimum atomic E-state index is -3.93. The molecule has 1 aromatic heterocycles. The zero-order valence-electron chi connectivity index (χ0n) is 13.8. The molecule has 1 aliphatic heterocycles. The number of aromatic nitrogens is 1. The second-order valence-corrected chi connectivity index (χ2v) is 9.23. The fourth-order valence-corrected chi connectivity index (χ4v) is 5.64. The molecular weight excluding hydrogens is 376 g/mol. The monoisotopic (exact) mass is 395 g/mol. The molecule has 3 rings (SSSR count). The predicted molar refractivity (Wildman–Crippen MR) is 95.2 cm³/mol. The molecule has 1 saturated heterocycles. The first-order valence-electron chi connectivity index (χ1n) is 7.96. The second kappa shape index (κ2) is 7.65. The van der Waals surface area contributed by atoms with Gasteiger partial charge in [0.2, 0.25) is 4.75 Å². The third-order valence-electron chi connectivity index (χ3n) is 4.37. The van der Waals surface area contributed by atoms with E-state index in [0.717, 1.165) is 9.79 Å². The number of pyridine rings is 1. The van der Waals surface area contributed by atoms with Gasteiger partial charge in [0.05, 0.1) is 4.90 Å². The van der Waals surface area contributed by atoms with E-state index in [1.54, 1.807) is 29.7 Å². The molecule has 26 heavy (non-hydrogen) atoms. The molecular formula is C17H19N2O5S2+. The number of benzene rings is 1. The van der Waals surface area contributed by atoms with E-state index in [-0.39, 0.29) is 31.0 Å². The summed E-state index contributed by atoms with van der Waals surface area (Å²) >= 11 is 1.49. The van der Waals surface area contributed by atoms with Crippen molar-refractivity contribution in [2.45, 2.75) is 32.3 Å². The van der Waals surface area contributed by atoms with Crippen LogP contribution in [0.2, 0.25) is 0 Å². The number of nitrogens with one attached hydrogen (secondary N) is 1. The summed E-state index contributed by atoms with van der Waals surface area (Å²) in [5.41, 5.74) is 0. The van der Waals surface area contributed by atoms with Crippen LogP contribution in [0.4, 0.5) is 0 Å². The Morgan fingerprint density at radius 1 is 1.08 bits per heavy atom. The van der Waals surface area contributed by atoms with Crippen molar-refractivity contribution in [3.8, 4) is 0 Å². The van der Waals surface area contributed by atoms with Crippen molar-refractivity contribution in [2.75, 3.05) is 13.2 Å². The molecule has 1 aromatic carbocycles. The Bertz CT molecular complexity index is 877. The Hall–Kier alpha value is -2.10. The zero-order valence-corrected chi connectivity index (χ0v) is 15.5. The van der Waals surface area contributed by atoms with E-state index < -0.39 is 20.5 Å². The highest BCUT2D eigenvalue weighted by Crippen LogP contribution is 2.36. The largest absolute Gasteiger partial charge is 0.459 e. The van der Waals surface area contributed by atoms with Crippen molar-refractivity contribution in [1.82, 2.24) is 4.98 Å². The molecule has 0 amide bonds. The minimum Gasteiger partial charge on any atom is -0.459 e. The van der Waals surface area contributed by atoms with Gasteiger partial charge < -0.3 is 9.84 Å². The van der Waals surface area contributed by atoms with E-state index in [2.05, 4.69) is 4.98 Å². The summed E-state index contributed by atoms with van der Waals surface area (Å²) in [6.45, 7) is 0.363. The highest BCUT2D eigenvalue weighted by Gasteiger charge is 2.55. The van der Waals surface area contributed by atoms with Gasteiger partial charge in [-0.05, 0) is 41.6 Å². The van der Waals surface area contributed by atoms with Crippen LogP contribution in [-0.2, 0) is 14.6 Å². The summed E-state index contributed by atoms with van der Waals surface area (Å²) in [4.78, 5) is 5.92. The third-order valence-corrected chi connectivity index (χ3v) is 7.91. The predicted octanol–water partition coefficient (Wildman–Crippen LogP) is 0.982. The van der Waals surface area contributed by atoms with Gasteiger partial charge in [-0.2, -0.15) is 0 Å². The summed E-state index contributed by atoms with van der Waals surface area (Å²) in [5.74, 6) is -0.670. The molecule has 0 aliphatic carbocycles. The number of aliphatic hydroxyl groups excluding tert-OH is 1. The molecule has 0 saturated carbocycles. The van der Waals surface area contributed by atoms with Gasteiger partial charge in [-0.15, -0.1) is 0 Å². The number of sulfone groups is 1. The first kappa shape index (κ1) is 18.7. The second-order valence-electron chi connectivity index (χ2n) is 5.83. The summed E-state index contributed by atoms with van der Waals surface area (Å²) in [6.07, 6.45) is 3.50. The van der Waals surface area contributed by atoms with Crippen LogP contribution >= 0.6 is 11.8 Å². The standard InChI is InChI=1S/C17H18N2O5S2/c20-16(19-21)17(7-11-24-12-8-17)26(22,23)15-3-1-13(2-4-15)25-14-5-9-18-10-6-14/h1-6,9-10,21H,7-8,11-12H2,(H,19,20)/p+1. The maximum atomic E-state index is 13.2. The van der Waals surface area contributed by atoms with E-state index in [1.807, 2.05) is 12.1 Å². The molecule has 138 valence electrons. The van der Waals surface area contributed by atoms with E-state index >= 15 is 0 Å². The highest BCUT2D eigenvalue weighted by atomic mass is 32.2. The SMILES string of the molecule is O=S(=O)(c1ccc(Sc2ccncc2)cc1)C1(/C(O)=[NH+]\O)CCOCC1. The zero-order chi connectivity index (χ0) is 18.6. The summed E-state index contributed by atoms with van der Waals surface area (Å²) in [7, 11) is -3.93. The van der Waals surface area contributed by atoms with Crippen LogP contribution in [0.25, 0.3) is 0 Å². The van der Waals surface area contributed by atoms with Crippen LogP contribution in [0.15, 0.2) is 63.5 Å². The molecule has 0 unspecified atom stereocenters. The maximum absolute atomic E-state index is 13.2. The molecule has 1 fully saturated rings. The number of nitrogens with zero attached hydrogens (tertiary/aromatic N) is 1. The van der Waals surface area contributed by atoms with Crippen molar-refractivity contribution in [1.29, 1.82) is 0 Å². The molecule has 0 bridgehead atoms. The van der Waals surface area contributed by atoms with Crippen LogP contribution < -0.4 is 5.16 Å². The first-order chi connectivity index (χ1) is 12.5. The number of ether oxygens (including phenoxy) is 1. The average Bonchev–Trinajstić information content (AvgIpc) is 2.69. The van der Waals surface area contributed by atoms with Crippen LogP contribution in [0, 0.1) is 0 Å². The van der Waals surface area contributed by atoms with Gasteiger partial charge in [-0.25, -0.2) is 8.42 Å². The number of hydrogen-bond acceptors (Lipinski definition) is 6. The number of hydrogen-bond donors (Lipinski definition) is 3. The molecule has 3 N–H and O–H groups in total. The average molecular weight is 395 g/mol. The molecule has 2 aromatic rings. The van der Waals surface area contributed by atoms with Gasteiger partial charge >= 0.3 is 5.90 Å². The lowest BCUT2D eigenvalue weighted by atomic mass is 9.99. The van der Waals surface area contributed by atoms with Crippen LogP contribution in [0.5, 0.6) is 0 Å². The molecule has 0 spiro atoms. The van der Waals surface area contributed by atoms with Gasteiger partial charge in [0, 0.05) is 48.2 Å². The Labute approximate surface area is 155 Å². The van der Waals surface area contributed by atoms with Crippen molar-refractivity contribution in [3.05, 3.63) is 48.8 Å². The van der Waals surface area contributed by atoms with Crippen LogP contribution in [0.1, 0.15) is 12.8 Å². The van der Waals surface area contributed by atoms with Gasteiger partial charge in [0.1, 0.15) is 0 Å². The van der Waals surface area contributed by atoms with Crippen LogP contribution in [-0.4, -0.2) is 47.6 Å². The third kappa shape index (κ3) is 3.42. The lowest BCUT2D eigenvalue weighted by Crippen LogP contribution is -2.76. The van der Waals surface area contributed by atoms with E-state index in [0.29, 0.717) is 0 Å². The molecule has 7 nitrogen and oxygen atoms in total. The van der Waals surface area contributed by atoms with Gasteiger partial charge in [-0.1, -0.05) is 11.8 Å². The quantitative estimate of drug-likeness (QED) is 0.300. The first-order valence-corrected chi connectivity index (χ1v) is 10.3. The summed E-state index contributed by atoms with van der Waals surface area (Å²) in [6, 6.07) is 10.2. The van der Waals surface area contributed by atoms with Gasteiger partial charge in [0.25, 0.3) is 0 Å². The molecule has 0 atom stereocenters. The van der Waals surface area contributed by atoms with E-state index in [1.165, 1.54) is 23.9 Å². The minimum absolute atomic E-state index is 0.0578. The molecule has 2 heterocycles. The molecule has 9 heteroatoms. The van der Waals surface area contributed by atoms with E-state index in [9.17, 15) is 13.5 Å².